The lowest BCUT2D eigenvalue weighted by molar-refractivity contribution is 0.388. The van der Waals surface area contributed by atoms with Gasteiger partial charge in [-0.1, -0.05) is 0 Å². The molecule has 0 radical (unpaired) electrons. The van der Waals surface area contributed by atoms with Gasteiger partial charge in [0.25, 0.3) is 0 Å². The van der Waals surface area contributed by atoms with Gasteiger partial charge in [0.05, 0.1) is 11.9 Å². The van der Waals surface area contributed by atoms with Gasteiger partial charge < -0.3 is 10.2 Å². The molecule has 6 nitrogen and oxygen atoms in total. The number of thiazole rings is 1. The van der Waals surface area contributed by atoms with Crippen LogP contribution < -0.4 is 10.2 Å². The van der Waals surface area contributed by atoms with Gasteiger partial charge in [-0.2, -0.15) is 4.31 Å². The fraction of sp³-hybridized carbons (Fsp3) is 0.750. The number of anilines is 1. The van der Waals surface area contributed by atoms with E-state index in [4.69, 9.17) is 0 Å². The van der Waals surface area contributed by atoms with Gasteiger partial charge in [0.2, 0.25) is 10.0 Å². The molecule has 1 aliphatic heterocycles. The lowest BCUT2D eigenvalue weighted by Crippen LogP contribution is -2.48. The highest BCUT2D eigenvalue weighted by molar-refractivity contribution is 7.88. The van der Waals surface area contributed by atoms with Crippen LogP contribution in [0.1, 0.15) is 18.5 Å². The second-order valence-corrected chi connectivity index (χ2v) is 8.24. The zero-order valence-electron chi connectivity index (χ0n) is 11.6. The normalized spacial score (nSPS) is 21.4. The van der Waals surface area contributed by atoms with Crippen molar-refractivity contribution >= 4 is 26.5 Å². The van der Waals surface area contributed by atoms with Gasteiger partial charge in [-0.3, -0.25) is 0 Å². The van der Waals surface area contributed by atoms with E-state index >= 15 is 0 Å². The minimum absolute atomic E-state index is 0.550. The Morgan fingerprint density at radius 1 is 1.35 bits per heavy atom. The van der Waals surface area contributed by atoms with Crippen molar-refractivity contribution in [2.24, 2.45) is 0 Å². The average molecular weight is 316 g/mol. The molecule has 3 rings (SSSR count). The molecule has 20 heavy (non-hydrogen) atoms. The molecule has 112 valence electrons. The standard InChI is InChI=1S/C12H20N4O2S2/c1-20(17,18)16-6-4-15(5-7-16)12-14-11(9-19-12)8-13-10-2-3-10/h9-10,13H,2-8H2,1H3. The molecule has 1 aliphatic carbocycles. The average Bonchev–Trinajstić information content (AvgIpc) is 3.13. The van der Waals surface area contributed by atoms with Crippen LogP contribution in [0, 0.1) is 0 Å². The van der Waals surface area contributed by atoms with Gasteiger partial charge in [-0.15, -0.1) is 11.3 Å². The first kappa shape index (κ1) is 14.2. The predicted molar refractivity (Wildman–Crippen MR) is 80.6 cm³/mol. The maximum Gasteiger partial charge on any atom is 0.211 e. The summed E-state index contributed by atoms with van der Waals surface area (Å²) in [5.74, 6) is 0. The van der Waals surface area contributed by atoms with Crippen molar-refractivity contribution in [2.45, 2.75) is 25.4 Å². The summed E-state index contributed by atoms with van der Waals surface area (Å²) < 4.78 is 24.5. The molecule has 8 heteroatoms. The highest BCUT2D eigenvalue weighted by atomic mass is 32.2. The molecule has 2 aliphatic rings. The van der Waals surface area contributed by atoms with E-state index in [0.717, 1.165) is 30.5 Å². The number of sulfonamides is 1. The first-order valence-corrected chi connectivity index (χ1v) is 9.63. The lowest BCUT2D eigenvalue weighted by atomic mass is 10.4. The van der Waals surface area contributed by atoms with Crippen molar-refractivity contribution in [2.75, 3.05) is 37.3 Å². The van der Waals surface area contributed by atoms with Crippen molar-refractivity contribution in [3.63, 3.8) is 0 Å². The molecule has 1 saturated heterocycles. The van der Waals surface area contributed by atoms with E-state index in [9.17, 15) is 8.42 Å². The maximum atomic E-state index is 11.5. The Bertz CT molecular complexity index is 560. The highest BCUT2D eigenvalue weighted by Crippen LogP contribution is 2.24. The minimum Gasteiger partial charge on any atom is -0.345 e. The van der Waals surface area contributed by atoms with Crippen molar-refractivity contribution in [3.8, 4) is 0 Å². The summed E-state index contributed by atoms with van der Waals surface area (Å²) in [6.45, 7) is 3.37. The number of hydrogen-bond acceptors (Lipinski definition) is 6. The van der Waals surface area contributed by atoms with Crippen LogP contribution in [0.15, 0.2) is 5.38 Å². The first-order chi connectivity index (χ1) is 9.52. The van der Waals surface area contributed by atoms with Crippen molar-refractivity contribution < 1.29 is 8.42 Å². The van der Waals surface area contributed by atoms with Crippen molar-refractivity contribution in [1.29, 1.82) is 0 Å². The molecule has 1 N–H and O–H groups in total. The maximum absolute atomic E-state index is 11.5. The van der Waals surface area contributed by atoms with Crippen LogP contribution in [0.2, 0.25) is 0 Å². The third kappa shape index (κ3) is 3.49. The number of hydrogen-bond donors (Lipinski definition) is 1. The quantitative estimate of drug-likeness (QED) is 0.856. The third-order valence-corrected chi connectivity index (χ3v) is 5.92. The molecule has 2 fully saturated rings. The fourth-order valence-corrected chi connectivity index (χ4v) is 3.98. The Morgan fingerprint density at radius 3 is 2.65 bits per heavy atom. The largest absolute Gasteiger partial charge is 0.345 e. The summed E-state index contributed by atoms with van der Waals surface area (Å²) in [6.07, 6.45) is 3.84. The zero-order valence-corrected chi connectivity index (χ0v) is 13.2. The van der Waals surface area contributed by atoms with Gasteiger partial charge in [-0.05, 0) is 12.8 Å². The Hall–Kier alpha value is -0.700. The van der Waals surface area contributed by atoms with E-state index in [2.05, 4.69) is 20.6 Å². The van der Waals surface area contributed by atoms with Gasteiger partial charge in [0.15, 0.2) is 5.13 Å². The molecule has 0 bridgehead atoms. The molecule has 2 heterocycles. The summed E-state index contributed by atoms with van der Waals surface area (Å²) in [5, 5.41) is 6.55. The summed E-state index contributed by atoms with van der Waals surface area (Å²) in [6, 6.07) is 0.693. The van der Waals surface area contributed by atoms with E-state index in [0.29, 0.717) is 19.1 Å². The molecule has 1 aromatic rings. The van der Waals surface area contributed by atoms with Crippen LogP contribution in [0.25, 0.3) is 0 Å². The minimum atomic E-state index is -3.06. The summed E-state index contributed by atoms with van der Waals surface area (Å²) >= 11 is 1.64. The van der Waals surface area contributed by atoms with Crippen LogP contribution >= 0.6 is 11.3 Å². The summed E-state index contributed by atoms with van der Waals surface area (Å²) in [5.41, 5.74) is 1.09. The SMILES string of the molecule is CS(=O)(=O)N1CCN(c2nc(CNC3CC3)cs2)CC1. The number of aromatic nitrogens is 1. The Balaban J connectivity index is 1.54. The van der Waals surface area contributed by atoms with Crippen LogP contribution in [0.3, 0.4) is 0 Å². The van der Waals surface area contributed by atoms with E-state index in [1.165, 1.54) is 23.4 Å². The smallest absolute Gasteiger partial charge is 0.211 e. The zero-order chi connectivity index (χ0) is 14.2. The number of piperazine rings is 1. The Labute approximate surface area is 123 Å². The molecule has 0 aromatic carbocycles. The summed E-state index contributed by atoms with van der Waals surface area (Å²) in [7, 11) is -3.06. The summed E-state index contributed by atoms with van der Waals surface area (Å²) in [4.78, 5) is 6.81. The molecule has 0 unspecified atom stereocenters. The number of rotatable bonds is 5. The molecular formula is C12H20N4O2S2. The van der Waals surface area contributed by atoms with E-state index in [1.54, 1.807) is 11.3 Å². The monoisotopic (exact) mass is 316 g/mol. The second-order valence-electron chi connectivity index (χ2n) is 5.43. The van der Waals surface area contributed by atoms with E-state index < -0.39 is 10.0 Å². The van der Waals surface area contributed by atoms with Gasteiger partial charge in [-0.25, -0.2) is 13.4 Å². The van der Waals surface area contributed by atoms with Crippen LogP contribution in [-0.4, -0.2) is 56.2 Å². The third-order valence-electron chi connectivity index (χ3n) is 3.67. The van der Waals surface area contributed by atoms with Gasteiger partial charge in [0.1, 0.15) is 0 Å². The number of nitrogens with zero attached hydrogens (tertiary/aromatic N) is 3. The van der Waals surface area contributed by atoms with Crippen molar-refractivity contribution in [1.82, 2.24) is 14.6 Å². The van der Waals surface area contributed by atoms with E-state index in [1.807, 2.05) is 0 Å². The van der Waals surface area contributed by atoms with Gasteiger partial charge in [0, 0.05) is 44.1 Å². The Kier molecular flexibility index (Phi) is 3.98. The predicted octanol–water partition coefficient (Wildman–Crippen LogP) is 0.477. The molecule has 0 atom stereocenters. The van der Waals surface area contributed by atoms with Crippen LogP contribution in [-0.2, 0) is 16.6 Å². The molecule has 0 spiro atoms. The van der Waals surface area contributed by atoms with E-state index in [-0.39, 0.29) is 0 Å². The van der Waals surface area contributed by atoms with Crippen LogP contribution in [0.5, 0.6) is 0 Å². The molecule has 1 saturated carbocycles. The van der Waals surface area contributed by atoms with Gasteiger partial charge >= 0.3 is 0 Å². The highest BCUT2D eigenvalue weighted by Gasteiger charge is 2.25. The van der Waals surface area contributed by atoms with Crippen LogP contribution in [0.4, 0.5) is 5.13 Å². The molecule has 1 aromatic heterocycles. The fourth-order valence-electron chi connectivity index (χ4n) is 2.27. The lowest BCUT2D eigenvalue weighted by Gasteiger charge is -2.32. The molecular weight excluding hydrogens is 296 g/mol. The topological polar surface area (TPSA) is 65.5 Å². The number of nitrogens with one attached hydrogen (secondary N) is 1. The second kappa shape index (κ2) is 5.59. The Morgan fingerprint density at radius 2 is 2.05 bits per heavy atom. The first-order valence-electron chi connectivity index (χ1n) is 6.90. The van der Waals surface area contributed by atoms with Crippen molar-refractivity contribution in [3.05, 3.63) is 11.1 Å². The molecule has 0 amide bonds.